The lowest BCUT2D eigenvalue weighted by molar-refractivity contribution is 1.10. The molecular formula is C9H5N2. The van der Waals surface area contributed by atoms with E-state index in [0.29, 0.717) is 0 Å². The molecule has 2 rings (SSSR count). The summed E-state index contributed by atoms with van der Waals surface area (Å²) in [5.41, 5.74) is 0. The molecule has 0 N–H and O–H groups in total. The van der Waals surface area contributed by atoms with E-state index in [-0.39, 0.29) is 0 Å². The Hall–Kier alpha value is -1.75. The summed E-state index contributed by atoms with van der Waals surface area (Å²) in [4.78, 5) is 0. The first-order valence-electron chi connectivity index (χ1n) is 3.30. The molecule has 0 atom stereocenters. The van der Waals surface area contributed by atoms with Crippen LogP contribution >= 0.6 is 0 Å². The van der Waals surface area contributed by atoms with Crippen molar-refractivity contribution in [3.63, 3.8) is 0 Å². The van der Waals surface area contributed by atoms with Gasteiger partial charge < -0.3 is 0 Å². The summed E-state index contributed by atoms with van der Waals surface area (Å²) in [6.07, 6.45) is 6.64. The minimum Gasteiger partial charge on any atom is -0.252 e. The lowest BCUT2D eigenvalue weighted by Gasteiger charge is -1.81. The van der Waals surface area contributed by atoms with Gasteiger partial charge in [0.25, 0.3) is 0 Å². The first-order chi connectivity index (χ1) is 5.40. The summed E-state index contributed by atoms with van der Waals surface area (Å²) < 4.78 is 1.38. The van der Waals surface area contributed by atoms with Crippen LogP contribution in [0.3, 0.4) is 0 Å². The number of rotatable bonds is 0. The van der Waals surface area contributed by atoms with Crippen molar-refractivity contribution < 1.29 is 0 Å². The topological polar surface area (TPSA) is 28.7 Å². The molecule has 0 aliphatic carbocycles. The van der Waals surface area contributed by atoms with Crippen LogP contribution in [0.15, 0.2) is 30.5 Å². The molecule has 0 bridgehead atoms. The third kappa shape index (κ3) is 0.870. The largest absolute Gasteiger partial charge is 0.252 e. The Morgan fingerprint density at radius 3 is 2.91 bits per heavy atom. The molecule has 0 aliphatic heterocycles. The van der Waals surface area contributed by atoms with E-state index in [4.69, 9.17) is 5.26 Å². The Bertz CT molecular complexity index is 387. The zero-order valence-corrected chi connectivity index (χ0v) is 5.78. The third-order valence-electron chi connectivity index (χ3n) is 1.58. The van der Waals surface area contributed by atoms with Gasteiger partial charge in [0.05, 0.1) is 6.20 Å². The van der Waals surface area contributed by atoms with Crippen LogP contribution in [0.5, 0.6) is 0 Å². The fourth-order valence-electron chi connectivity index (χ4n) is 1.07. The van der Waals surface area contributed by atoms with Crippen molar-refractivity contribution in [2.45, 2.75) is 0 Å². The standard InChI is InChI=1S/C9H5N2/c10-7-11-5-8-3-1-2-4-9(8)6-11/h1-5H. The molecule has 11 heavy (non-hydrogen) atoms. The fraction of sp³-hybridized carbons (Fsp3) is 0. The van der Waals surface area contributed by atoms with Crippen LogP contribution in [0, 0.1) is 17.7 Å². The smallest absolute Gasteiger partial charge is 0.188 e. The van der Waals surface area contributed by atoms with Crippen LogP contribution in [0.1, 0.15) is 0 Å². The van der Waals surface area contributed by atoms with E-state index in [2.05, 4.69) is 6.20 Å². The maximum atomic E-state index is 8.52. The van der Waals surface area contributed by atoms with Gasteiger partial charge in [-0.25, -0.2) is 0 Å². The minimum atomic E-state index is 0.981. The van der Waals surface area contributed by atoms with Gasteiger partial charge in [-0.2, -0.15) is 5.26 Å². The van der Waals surface area contributed by atoms with Crippen LogP contribution in [0.25, 0.3) is 10.8 Å². The molecule has 51 valence electrons. The lowest BCUT2D eigenvalue weighted by atomic mass is 10.2. The zero-order chi connectivity index (χ0) is 7.68. The monoisotopic (exact) mass is 141 g/mol. The van der Waals surface area contributed by atoms with E-state index in [0.717, 1.165) is 10.8 Å². The van der Waals surface area contributed by atoms with E-state index in [9.17, 15) is 0 Å². The van der Waals surface area contributed by atoms with E-state index in [1.807, 2.05) is 30.5 Å². The van der Waals surface area contributed by atoms with Crippen LogP contribution in [0.2, 0.25) is 0 Å². The number of hydrogen-bond acceptors (Lipinski definition) is 1. The minimum absolute atomic E-state index is 0.981. The first-order valence-corrected chi connectivity index (χ1v) is 3.30. The number of aromatic nitrogens is 1. The molecule has 0 spiro atoms. The van der Waals surface area contributed by atoms with Gasteiger partial charge in [-0.05, 0) is 0 Å². The number of nitrogens with zero attached hydrogens (tertiary/aromatic N) is 2. The Labute approximate surface area is 64.3 Å². The summed E-state index contributed by atoms with van der Waals surface area (Å²) in [6.45, 7) is 0. The Morgan fingerprint density at radius 1 is 1.36 bits per heavy atom. The highest BCUT2D eigenvalue weighted by Gasteiger charge is 1.94. The number of hydrogen-bond donors (Lipinski definition) is 0. The van der Waals surface area contributed by atoms with Gasteiger partial charge in [0, 0.05) is 17.0 Å². The number of nitriles is 1. The summed E-state index contributed by atoms with van der Waals surface area (Å²) in [5, 5.41) is 10.6. The maximum Gasteiger partial charge on any atom is 0.188 e. The Kier molecular flexibility index (Phi) is 1.16. The van der Waals surface area contributed by atoms with Crippen molar-refractivity contribution in [1.82, 2.24) is 4.57 Å². The molecule has 2 heteroatoms. The molecule has 1 aromatic carbocycles. The summed E-state index contributed by atoms with van der Waals surface area (Å²) in [5.74, 6) is 0. The highest BCUT2D eigenvalue weighted by atomic mass is 14.9. The Balaban J connectivity index is 2.81. The normalized spacial score (nSPS) is 9.73. The van der Waals surface area contributed by atoms with E-state index in [1.54, 1.807) is 6.20 Å². The molecule has 0 saturated carbocycles. The van der Waals surface area contributed by atoms with Crippen molar-refractivity contribution in [3.05, 3.63) is 36.7 Å². The zero-order valence-electron chi connectivity index (χ0n) is 5.78. The highest BCUT2D eigenvalue weighted by molar-refractivity contribution is 5.81. The molecule has 0 unspecified atom stereocenters. The second-order valence-electron chi connectivity index (χ2n) is 2.30. The quantitative estimate of drug-likeness (QED) is 0.549. The SMILES string of the molecule is N#Cn1[c]c2ccccc2c1. The number of benzene rings is 1. The third-order valence-corrected chi connectivity index (χ3v) is 1.58. The van der Waals surface area contributed by atoms with E-state index < -0.39 is 0 Å². The Morgan fingerprint density at radius 2 is 2.18 bits per heavy atom. The summed E-state index contributed by atoms with van der Waals surface area (Å²) in [7, 11) is 0. The van der Waals surface area contributed by atoms with Crippen LogP contribution < -0.4 is 0 Å². The van der Waals surface area contributed by atoms with Gasteiger partial charge in [0.15, 0.2) is 6.19 Å². The summed E-state index contributed by atoms with van der Waals surface area (Å²) in [6, 6.07) is 7.77. The lowest BCUT2D eigenvalue weighted by Crippen LogP contribution is -1.77. The second-order valence-corrected chi connectivity index (χ2v) is 2.30. The van der Waals surface area contributed by atoms with Crippen LogP contribution in [-0.4, -0.2) is 4.57 Å². The molecule has 0 fully saturated rings. The molecule has 0 aliphatic rings. The van der Waals surface area contributed by atoms with E-state index >= 15 is 0 Å². The van der Waals surface area contributed by atoms with Gasteiger partial charge >= 0.3 is 0 Å². The van der Waals surface area contributed by atoms with Gasteiger partial charge in [-0.3, -0.25) is 4.57 Å². The maximum absolute atomic E-state index is 8.52. The second kappa shape index (κ2) is 2.14. The van der Waals surface area contributed by atoms with Gasteiger partial charge in [0.1, 0.15) is 0 Å². The molecular weight excluding hydrogens is 136 g/mol. The highest BCUT2D eigenvalue weighted by Crippen LogP contribution is 2.12. The average Bonchev–Trinajstić information content (AvgIpc) is 2.46. The molecule has 1 aromatic heterocycles. The van der Waals surface area contributed by atoms with Gasteiger partial charge in [0.2, 0.25) is 0 Å². The van der Waals surface area contributed by atoms with Crippen LogP contribution in [-0.2, 0) is 0 Å². The predicted octanol–water partition coefficient (Wildman–Crippen LogP) is 1.77. The van der Waals surface area contributed by atoms with Gasteiger partial charge in [-0.1, -0.05) is 24.3 Å². The molecule has 0 saturated heterocycles. The molecule has 1 radical (unpaired) electrons. The van der Waals surface area contributed by atoms with Crippen molar-refractivity contribution in [1.29, 1.82) is 5.26 Å². The molecule has 2 nitrogen and oxygen atoms in total. The molecule has 2 aromatic rings. The van der Waals surface area contributed by atoms with Crippen molar-refractivity contribution in [3.8, 4) is 6.19 Å². The van der Waals surface area contributed by atoms with E-state index in [1.165, 1.54) is 4.57 Å². The van der Waals surface area contributed by atoms with Crippen molar-refractivity contribution >= 4 is 10.8 Å². The van der Waals surface area contributed by atoms with Crippen molar-refractivity contribution in [2.75, 3.05) is 0 Å². The summed E-state index contributed by atoms with van der Waals surface area (Å²) >= 11 is 0. The van der Waals surface area contributed by atoms with Gasteiger partial charge in [-0.15, -0.1) is 0 Å². The number of fused-ring (bicyclic) bond motifs is 1. The fourth-order valence-corrected chi connectivity index (χ4v) is 1.07. The van der Waals surface area contributed by atoms with Crippen LogP contribution in [0.4, 0.5) is 0 Å². The first kappa shape index (κ1) is 5.99. The van der Waals surface area contributed by atoms with Crippen molar-refractivity contribution in [2.24, 2.45) is 0 Å². The molecule has 1 heterocycles. The molecule has 0 amide bonds. The predicted molar refractivity (Wildman–Crippen MR) is 41.8 cm³/mol. The average molecular weight is 141 g/mol.